The van der Waals surface area contributed by atoms with E-state index in [4.69, 9.17) is 0 Å². The maximum atomic E-state index is 12.4. The fourth-order valence-corrected chi connectivity index (χ4v) is 3.63. The molecule has 0 aliphatic carbocycles. The van der Waals surface area contributed by atoms with Crippen LogP contribution in [0.4, 0.5) is 4.79 Å². The van der Waals surface area contributed by atoms with Crippen molar-refractivity contribution in [3.63, 3.8) is 0 Å². The van der Waals surface area contributed by atoms with E-state index in [0.717, 1.165) is 27.8 Å². The molecule has 1 fully saturated rings. The second-order valence-corrected chi connectivity index (χ2v) is 7.41. The SMILES string of the molecule is O=C(CCN1C(=O)SC(=Cc2ccccc2)C1=O)NCCc1ccc(O)c(O)c1. The molecule has 29 heavy (non-hydrogen) atoms. The molecule has 1 aliphatic heterocycles. The van der Waals surface area contributed by atoms with Gasteiger partial charge in [0.05, 0.1) is 4.91 Å². The van der Waals surface area contributed by atoms with Gasteiger partial charge in [-0.2, -0.15) is 0 Å². The molecular weight excluding hydrogens is 392 g/mol. The van der Waals surface area contributed by atoms with Crippen molar-refractivity contribution in [2.24, 2.45) is 0 Å². The minimum Gasteiger partial charge on any atom is -0.504 e. The first-order valence-corrected chi connectivity index (χ1v) is 9.83. The first kappa shape index (κ1) is 20.5. The van der Waals surface area contributed by atoms with Gasteiger partial charge < -0.3 is 15.5 Å². The fourth-order valence-electron chi connectivity index (χ4n) is 2.77. The summed E-state index contributed by atoms with van der Waals surface area (Å²) in [7, 11) is 0. The maximum absolute atomic E-state index is 12.4. The molecule has 150 valence electrons. The van der Waals surface area contributed by atoms with Crippen molar-refractivity contribution in [3.8, 4) is 11.5 Å². The van der Waals surface area contributed by atoms with Gasteiger partial charge in [-0.3, -0.25) is 19.3 Å². The molecule has 2 aromatic carbocycles. The molecule has 0 atom stereocenters. The molecule has 8 heteroatoms. The number of phenolic OH excluding ortho intramolecular Hbond substituents is 2. The third-order valence-corrected chi connectivity index (χ3v) is 5.22. The van der Waals surface area contributed by atoms with Crippen LogP contribution in [0.1, 0.15) is 17.5 Å². The molecule has 0 radical (unpaired) electrons. The molecule has 3 N–H and O–H groups in total. The van der Waals surface area contributed by atoms with Gasteiger partial charge in [-0.1, -0.05) is 36.4 Å². The van der Waals surface area contributed by atoms with E-state index in [9.17, 15) is 24.6 Å². The van der Waals surface area contributed by atoms with Crippen molar-refractivity contribution in [3.05, 3.63) is 64.6 Å². The predicted octanol–water partition coefficient (Wildman–Crippen LogP) is 2.88. The summed E-state index contributed by atoms with van der Waals surface area (Å²) in [6.45, 7) is 0.349. The third-order valence-electron chi connectivity index (χ3n) is 4.31. The van der Waals surface area contributed by atoms with E-state index in [1.807, 2.05) is 30.3 Å². The highest BCUT2D eigenvalue weighted by Crippen LogP contribution is 2.32. The Bertz CT molecular complexity index is 959. The first-order valence-electron chi connectivity index (χ1n) is 9.02. The number of nitrogens with one attached hydrogen (secondary N) is 1. The number of imide groups is 1. The fraction of sp³-hybridized carbons (Fsp3) is 0.190. The normalized spacial score (nSPS) is 15.2. The van der Waals surface area contributed by atoms with Crippen LogP contribution in [0.3, 0.4) is 0 Å². The summed E-state index contributed by atoms with van der Waals surface area (Å²) >= 11 is 0.869. The molecule has 0 spiro atoms. The van der Waals surface area contributed by atoms with E-state index in [1.54, 1.807) is 12.1 Å². The smallest absolute Gasteiger partial charge is 0.293 e. The molecule has 0 unspecified atom stereocenters. The lowest BCUT2D eigenvalue weighted by Gasteiger charge is -2.12. The van der Waals surface area contributed by atoms with Crippen LogP contribution < -0.4 is 5.32 Å². The van der Waals surface area contributed by atoms with Crippen LogP contribution in [-0.4, -0.2) is 45.3 Å². The van der Waals surface area contributed by atoms with Gasteiger partial charge in [0, 0.05) is 19.5 Å². The van der Waals surface area contributed by atoms with Crippen molar-refractivity contribution in [2.75, 3.05) is 13.1 Å². The second-order valence-electron chi connectivity index (χ2n) is 6.42. The standard InChI is InChI=1S/C21H20N2O5S/c24-16-7-6-15(12-17(16)25)8-10-22-19(26)9-11-23-20(27)18(29-21(23)28)13-14-4-2-1-3-5-14/h1-7,12-13,24-25H,8-11H2,(H,22,26). The van der Waals surface area contributed by atoms with Gasteiger partial charge in [0.25, 0.3) is 11.1 Å². The minimum absolute atomic E-state index is 0.0114. The van der Waals surface area contributed by atoms with E-state index >= 15 is 0 Å². The summed E-state index contributed by atoms with van der Waals surface area (Å²) < 4.78 is 0. The molecule has 0 bridgehead atoms. The Labute approximate surface area is 172 Å². The topological polar surface area (TPSA) is 107 Å². The van der Waals surface area contributed by atoms with Gasteiger partial charge in [-0.05, 0) is 47.5 Å². The molecule has 1 heterocycles. The number of benzene rings is 2. The Hall–Kier alpha value is -3.26. The number of phenols is 2. The zero-order valence-electron chi connectivity index (χ0n) is 15.5. The van der Waals surface area contributed by atoms with Crippen LogP contribution in [0.5, 0.6) is 11.5 Å². The van der Waals surface area contributed by atoms with Crippen LogP contribution in [0.2, 0.25) is 0 Å². The Morgan fingerprint density at radius 2 is 1.83 bits per heavy atom. The minimum atomic E-state index is -0.392. The second kappa shape index (κ2) is 9.29. The van der Waals surface area contributed by atoms with Crippen molar-refractivity contribution in [1.29, 1.82) is 0 Å². The summed E-state index contributed by atoms with van der Waals surface area (Å²) in [4.78, 5) is 38.0. The highest BCUT2D eigenvalue weighted by molar-refractivity contribution is 8.18. The summed E-state index contributed by atoms with van der Waals surface area (Å²) in [6, 6.07) is 13.7. The number of carbonyl (C=O) groups excluding carboxylic acids is 3. The van der Waals surface area contributed by atoms with Gasteiger partial charge in [-0.25, -0.2) is 0 Å². The highest BCUT2D eigenvalue weighted by Gasteiger charge is 2.34. The average molecular weight is 412 g/mol. The summed E-state index contributed by atoms with van der Waals surface area (Å²) in [5, 5.41) is 21.1. The quantitative estimate of drug-likeness (QED) is 0.477. The van der Waals surface area contributed by atoms with E-state index in [-0.39, 0.29) is 35.6 Å². The molecule has 0 aromatic heterocycles. The molecular formula is C21H20N2O5S. The molecule has 1 aliphatic rings. The van der Waals surface area contributed by atoms with E-state index < -0.39 is 5.91 Å². The number of nitrogens with zero attached hydrogens (tertiary/aromatic N) is 1. The van der Waals surface area contributed by atoms with Crippen LogP contribution in [0.15, 0.2) is 53.4 Å². The Morgan fingerprint density at radius 1 is 1.07 bits per heavy atom. The van der Waals surface area contributed by atoms with Gasteiger partial charge in [0.1, 0.15) is 0 Å². The van der Waals surface area contributed by atoms with E-state index in [0.29, 0.717) is 17.9 Å². The monoisotopic (exact) mass is 412 g/mol. The van der Waals surface area contributed by atoms with Gasteiger partial charge in [0.15, 0.2) is 11.5 Å². The number of aromatic hydroxyl groups is 2. The van der Waals surface area contributed by atoms with Crippen LogP contribution >= 0.6 is 11.8 Å². The lowest BCUT2D eigenvalue weighted by atomic mass is 10.1. The molecule has 3 rings (SSSR count). The van der Waals surface area contributed by atoms with Gasteiger partial charge in [0.2, 0.25) is 5.91 Å². The maximum Gasteiger partial charge on any atom is 0.293 e. The summed E-state index contributed by atoms with van der Waals surface area (Å²) in [6.07, 6.45) is 2.15. The van der Waals surface area contributed by atoms with Crippen molar-refractivity contribution in [1.82, 2.24) is 10.2 Å². The zero-order chi connectivity index (χ0) is 20.8. The number of carbonyl (C=O) groups is 3. The van der Waals surface area contributed by atoms with Crippen LogP contribution in [0.25, 0.3) is 6.08 Å². The number of rotatable bonds is 7. The van der Waals surface area contributed by atoms with Crippen LogP contribution in [0, 0.1) is 0 Å². The van der Waals surface area contributed by atoms with Crippen molar-refractivity contribution in [2.45, 2.75) is 12.8 Å². The zero-order valence-corrected chi connectivity index (χ0v) is 16.3. The van der Waals surface area contributed by atoms with E-state index in [2.05, 4.69) is 5.32 Å². The first-order chi connectivity index (χ1) is 13.9. The number of thioether (sulfide) groups is 1. The largest absolute Gasteiger partial charge is 0.504 e. The van der Waals surface area contributed by atoms with Gasteiger partial charge >= 0.3 is 0 Å². The molecule has 2 aromatic rings. The molecule has 1 saturated heterocycles. The lowest BCUT2D eigenvalue weighted by Crippen LogP contribution is -2.34. The third kappa shape index (κ3) is 5.39. The Balaban J connectivity index is 1.47. The number of hydrogen-bond donors (Lipinski definition) is 3. The number of amides is 3. The molecule has 3 amide bonds. The lowest BCUT2D eigenvalue weighted by molar-refractivity contribution is -0.124. The summed E-state index contributed by atoms with van der Waals surface area (Å²) in [5.74, 6) is -1.08. The predicted molar refractivity (Wildman–Crippen MR) is 110 cm³/mol. The van der Waals surface area contributed by atoms with Crippen molar-refractivity contribution < 1.29 is 24.6 Å². The average Bonchev–Trinajstić information content (AvgIpc) is 2.96. The Kier molecular flexibility index (Phi) is 6.56. The van der Waals surface area contributed by atoms with Crippen molar-refractivity contribution >= 4 is 34.9 Å². The van der Waals surface area contributed by atoms with E-state index in [1.165, 1.54) is 12.1 Å². The Morgan fingerprint density at radius 3 is 2.55 bits per heavy atom. The van der Waals surface area contributed by atoms with Crippen LogP contribution in [-0.2, 0) is 16.0 Å². The summed E-state index contributed by atoms with van der Waals surface area (Å²) in [5.41, 5.74) is 1.59. The molecule has 7 nitrogen and oxygen atoms in total. The number of hydrogen-bond acceptors (Lipinski definition) is 6. The highest BCUT2D eigenvalue weighted by atomic mass is 32.2. The molecule has 0 saturated carbocycles. The van der Waals surface area contributed by atoms with Gasteiger partial charge in [-0.15, -0.1) is 0 Å².